The van der Waals surface area contributed by atoms with E-state index in [0.29, 0.717) is 12.2 Å². The molecule has 26 heavy (non-hydrogen) atoms. The first kappa shape index (κ1) is 18.7. The second-order valence-electron chi connectivity index (χ2n) is 6.10. The van der Waals surface area contributed by atoms with Crippen molar-refractivity contribution in [2.24, 2.45) is 5.10 Å². The molecule has 3 heterocycles. The Kier molecular flexibility index (Phi) is 5.47. The van der Waals surface area contributed by atoms with E-state index in [9.17, 15) is 18.0 Å². The van der Waals surface area contributed by atoms with Gasteiger partial charge in [-0.2, -0.15) is 18.3 Å². The van der Waals surface area contributed by atoms with E-state index in [-0.39, 0.29) is 25.0 Å². The highest BCUT2D eigenvalue weighted by Crippen LogP contribution is 2.34. The van der Waals surface area contributed by atoms with Crippen LogP contribution in [-0.4, -0.2) is 47.8 Å². The minimum Gasteiger partial charge on any atom is -0.467 e. The number of rotatable bonds is 6. The molecule has 0 radical (unpaired) electrons. The molecule has 1 aliphatic heterocycles. The van der Waals surface area contributed by atoms with Gasteiger partial charge in [0.25, 0.3) is 5.91 Å². The third-order valence-corrected chi connectivity index (χ3v) is 4.94. The van der Waals surface area contributed by atoms with Crippen LogP contribution in [0, 0.1) is 0 Å². The first-order chi connectivity index (χ1) is 12.3. The van der Waals surface area contributed by atoms with E-state index in [2.05, 4.69) is 5.10 Å². The molecule has 0 bridgehead atoms. The smallest absolute Gasteiger partial charge is 0.390 e. The van der Waals surface area contributed by atoms with Crippen LogP contribution in [0.5, 0.6) is 0 Å². The number of thiophene rings is 1. The molecular formula is C17H18F3N3O2S. The van der Waals surface area contributed by atoms with E-state index in [4.69, 9.17) is 4.42 Å². The number of hydrogen-bond donors (Lipinski definition) is 0. The molecule has 1 amide bonds. The van der Waals surface area contributed by atoms with Gasteiger partial charge in [-0.15, -0.1) is 11.3 Å². The predicted octanol–water partition coefficient (Wildman–Crippen LogP) is 3.90. The van der Waals surface area contributed by atoms with Crippen molar-refractivity contribution in [1.29, 1.82) is 0 Å². The van der Waals surface area contributed by atoms with E-state index in [0.717, 1.165) is 10.6 Å². The molecule has 5 nitrogen and oxygen atoms in total. The molecule has 1 unspecified atom stereocenters. The lowest BCUT2D eigenvalue weighted by atomic mass is 10.1. The van der Waals surface area contributed by atoms with Gasteiger partial charge in [-0.3, -0.25) is 9.69 Å². The molecule has 0 aromatic carbocycles. The van der Waals surface area contributed by atoms with Gasteiger partial charge in [0.15, 0.2) is 0 Å². The zero-order valence-corrected chi connectivity index (χ0v) is 14.9. The highest BCUT2D eigenvalue weighted by molar-refractivity contribution is 7.12. The van der Waals surface area contributed by atoms with Crippen LogP contribution in [-0.2, 0) is 4.79 Å². The van der Waals surface area contributed by atoms with Crippen molar-refractivity contribution in [1.82, 2.24) is 9.91 Å². The highest BCUT2D eigenvalue weighted by Gasteiger charge is 2.35. The van der Waals surface area contributed by atoms with Crippen LogP contribution in [0.2, 0.25) is 0 Å². The average molecular weight is 385 g/mol. The minimum atomic E-state index is -4.24. The number of hydrogen-bond acceptors (Lipinski definition) is 5. The van der Waals surface area contributed by atoms with Crippen molar-refractivity contribution in [2.75, 3.05) is 20.1 Å². The van der Waals surface area contributed by atoms with Gasteiger partial charge in [-0.05, 0) is 30.6 Å². The number of likely N-dealkylation sites (N-methyl/N-ethyl adjacent to an activating group) is 1. The summed E-state index contributed by atoms with van der Waals surface area (Å²) in [6.07, 6.45) is -3.17. The molecule has 0 saturated carbocycles. The van der Waals surface area contributed by atoms with E-state index in [1.54, 1.807) is 12.1 Å². The Morgan fingerprint density at radius 1 is 1.42 bits per heavy atom. The second-order valence-corrected chi connectivity index (χ2v) is 7.05. The summed E-state index contributed by atoms with van der Waals surface area (Å²) in [6, 6.07) is 6.94. The molecule has 0 N–H and O–H groups in total. The molecule has 0 fully saturated rings. The lowest BCUT2D eigenvalue weighted by Crippen LogP contribution is -2.37. The maximum atomic E-state index is 12.7. The lowest BCUT2D eigenvalue weighted by Gasteiger charge is -2.23. The topological polar surface area (TPSA) is 49.1 Å². The number of alkyl halides is 3. The zero-order chi connectivity index (χ0) is 18.7. The predicted molar refractivity (Wildman–Crippen MR) is 91.9 cm³/mol. The van der Waals surface area contributed by atoms with Crippen molar-refractivity contribution >= 4 is 23.0 Å². The van der Waals surface area contributed by atoms with Gasteiger partial charge in [0.1, 0.15) is 11.8 Å². The van der Waals surface area contributed by atoms with Crippen LogP contribution in [0.25, 0.3) is 0 Å². The van der Waals surface area contributed by atoms with Gasteiger partial charge < -0.3 is 4.42 Å². The molecule has 1 atom stereocenters. The van der Waals surface area contributed by atoms with Gasteiger partial charge in [0.05, 0.1) is 29.8 Å². The normalized spacial score (nSPS) is 17.8. The Hall–Kier alpha value is -2.13. The highest BCUT2D eigenvalue weighted by atomic mass is 32.1. The number of nitrogens with zero attached hydrogens (tertiary/aromatic N) is 3. The summed E-state index contributed by atoms with van der Waals surface area (Å²) in [5.74, 6) is 0.245. The van der Waals surface area contributed by atoms with Crippen molar-refractivity contribution in [2.45, 2.75) is 25.1 Å². The average Bonchev–Trinajstić information content (AvgIpc) is 3.31. The second kappa shape index (κ2) is 7.63. The zero-order valence-electron chi connectivity index (χ0n) is 14.1. The van der Waals surface area contributed by atoms with Crippen molar-refractivity contribution in [3.05, 3.63) is 46.5 Å². The SMILES string of the molecule is CN(CCC(F)(F)F)CC(=O)N1N=C(c2cccs2)CC1c1ccco1. The molecule has 0 aliphatic carbocycles. The summed E-state index contributed by atoms with van der Waals surface area (Å²) in [5, 5.41) is 7.69. The minimum absolute atomic E-state index is 0.144. The Morgan fingerprint density at radius 2 is 2.23 bits per heavy atom. The standard InChI is InChI=1S/C17H18F3N3O2S/c1-22(7-6-17(18,19)20)11-16(24)23-13(14-4-2-8-25-14)10-12(21-23)15-5-3-9-26-15/h2-5,8-9,13H,6-7,10-11H2,1H3. The third-order valence-electron chi connectivity index (χ3n) is 4.03. The summed E-state index contributed by atoms with van der Waals surface area (Å²) < 4.78 is 42.5. The molecule has 2 aromatic heterocycles. The van der Waals surface area contributed by atoms with E-state index < -0.39 is 12.6 Å². The van der Waals surface area contributed by atoms with Crippen LogP contribution in [0.15, 0.2) is 45.4 Å². The van der Waals surface area contributed by atoms with Gasteiger partial charge in [0, 0.05) is 13.0 Å². The third kappa shape index (κ3) is 4.53. The number of furan rings is 1. The summed E-state index contributed by atoms with van der Waals surface area (Å²) in [6.45, 7) is -0.384. The first-order valence-corrected chi connectivity index (χ1v) is 8.93. The molecule has 1 aliphatic rings. The maximum Gasteiger partial charge on any atom is 0.390 e. The van der Waals surface area contributed by atoms with Crippen molar-refractivity contribution in [3.63, 3.8) is 0 Å². The van der Waals surface area contributed by atoms with Gasteiger partial charge >= 0.3 is 6.18 Å². The number of hydrazone groups is 1. The molecule has 2 aromatic rings. The fourth-order valence-corrected chi connectivity index (χ4v) is 3.46. The Bertz CT molecular complexity index is 757. The van der Waals surface area contributed by atoms with E-state index >= 15 is 0 Å². The van der Waals surface area contributed by atoms with Crippen molar-refractivity contribution < 1.29 is 22.4 Å². The van der Waals surface area contributed by atoms with E-state index in [1.807, 2.05) is 17.5 Å². The molecule has 9 heteroatoms. The Labute approximate surface area is 152 Å². The molecule has 0 saturated heterocycles. The summed E-state index contributed by atoms with van der Waals surface area (Å²) in [4.78, 5) is 15.0. The largest absolute Gasteiger partial charge is 0.467 e. The number of amides is 1. The fraction of sp³-hybridized carbons (Fsp3) is 0.412. The Morgan fingerprint density at radius 3 is 2.85 bits per heavy atom. The number of carbonyl (C=O) groups is 1. The summed E-state index contributed by atoms with van der Waals surface area (Å²) in [5.41, 5.74) is 0.771. The van der Waals surface area contributed by atoms with Gasteiger partial charge in [-0.1, -0.05) is 6.07 Å². The summed E-state index contributed by atoms with van der Waals surface area (Å²) >= 11 is 1.52. The lowest BCUT2D eigenvalue weighted by molar-refractivity contribution is -0.142. The van der Waals surface area contributed by atoms with Crippen LogP contribution < -0.4 is 0 Å². The molecular weight excluding hydrogens is 367 g/mol. The maximum absolute atomic E-state index is 12.7. The molecule has 140 valence electrons. The van der Waals surface area contributed by atoms with Gasteiger partial charge in [0.2, 0.25) is 0 Å². The van der Waals surface area contributed by atoms with Crippen LogP contribution in [0.1, 0.15) is 29.5 Å². The molecule has 0 spiro atoms. The van der Waals surface area contributed by atoms with Crippen LogP contribution in [0.3, 0.4) is 0 Å². The van der Waals surface area contributed by atoms with Crippen LogP contribution in [0.4, 0.5) is 13.2 Å². The number of carbonyl (C=O) groups excluding carboxylic acids is 1. The summed E-state index contributed by atoms with van der Waals surface area (Å²) in [7, 11) is 1.49. The number of halogens is 3. The fourth-order valence-electron chi connectivity index (χ4n) is 2.73. The molecule has 3 rings (SSSR count). The first-order valence-electron chi connectivity index (χ1n) is 8.05. The van der Waals surface area contributed by atoms with Crippen molar-refractivity contribution in [3.8, 4) is 0 Å². The van der Waals surface area contributed by atoms with Crippen LogP contribution >= 0.6 is 11.3 Å². The Balaban J connectivity index is 1.72. The van der Waals surface area contributed by atoms with Gasteiger partial charge in [-0.25, -0.2) is 5.01 Å². The quantitative estimate of drug-likeness (QED) is 0.758. The monoisotopic (exact) mass is 385 g/mol. The van der Waals surface area contributed by atoms with E-state index in [1.165, 1.54) is 34.6 Å².